The predicted molar refractivity (Wildman–Crippen MR) is 117 cm³/mol. The standard InChI is InChI=1S/C21H21ClF3NO4S2/c1-4-31-19-8-14-11-26(10-13(14)7-17(19)22)20(27)16-9-15(32(3,28)29)5-6-18(16)30-12(2)21(23,24)25/h5-9,12H,4,10-11H2,1-3H3/t12-/m1/s1. The van der Waals surface area contributed by atoms with Gasteiger partial charge in [-0.1, -0.05) is 18.5 Å². The first-order valence-corrected chi connectivity index (χ1v) is 12.9. The molecule has 2 aromatic rings. The first kappa shape index (κ1) is 24.7. The van der Waals surface area contributed by atoms with Crippen LogP contribution in [-0.2, 0) is 22.9 Å². The first-order valence-electron chi connectivity index (χ1n) is 9.62. The van der Waals surface area contributed by atoms with E-state index >= 15 is 0 Å². The lowest BCUT2D eigenvalue weighted by molar-refractivity contribution is -0.189. The summed E-state index contributed by atoms with van der Waals surface area (Å²) in [4.78, 5) is 15.4. The van der Waals surface area contributed by atoms with Gasteiger partial charge in [-0.2, -0.15) is 13.2 Å². The van der Waals surface area contributed by atoms with Crippen molar-refractivity contribution in [2.45, 2.75) is 49.0 Å². The highest BCUT2D eigenvalue weighted by Crippen LogP contribution is 2.36. The molecule has 32 heavy (non-hydrogen) atoms. The number of carbonyl (C=O) groups is 1. The number of carbonyl (C=O) groups excluding carboxylic acids is 1. The summed E-state index contributed by atoms with van der Waals surface area (Å²) < 4.78 is 68.0. The molecule has 0 fully saturated rings. The zero-order chi connectivity index (χ0) is 23.8. The average molecular weight is 508 g/mol. The Morgan fingerprint density at radius 3 is 2.41 bits per heavy atom. The monoisotopic (exact) mass is 507 g/mol. The quantitative estimate of drug-likeness (QED) is 0.494. The Morgan fingerprint density at radius 1 is 1.22 bits per heavy atom. The van der Waals surface area contributed by atoms with Gasteiger partial charge in [-0.3, -0.25) is 4.79 Å². The van der Waals surface area contributed by atoms with Crippen molar-refractivity contribution < 1.29 is 31.1 Å². The number of amides is 1. The average Bonchev–Trinajstić information content (AvgIpc) is 3.09. The molecule has 0 spiro atoms. The van der Waals surface area contributed by atoms with E-state index < -0.39 is 28.0 Å². The Morgan fingerprint density at radius 2 is 1.84 bits per heavy atom. The summed E-state index contributed by atoms with van der Waals surface area (Å²) in [6.45, 7) is 3.23. The van der Waals surface area contributed by atoms with E-state index in [2.05, 4.69) is 0 Å². The second kappa shape index (κ2) is 9.15. The Hall–Kier alpha value is -1.91. The molecule has 1 atom stereocenters. The summed E-state index contributed by atoms with van der Waals surface area (Å²) >= 11 is 7.87. The van der Waals surface area contributed by atoms with Crippen LogP contribution in [0.3, 0.4) is 0 Å². The summed E-state index contributed by atoms with van der Waals surface area (Å²) in [5.41, 5.74) is 1.46. The van der Waals surface area contributed by atoms with Crippen LogP contribution in [0.2, 0.25) is 5.02 Å². The molecule has 1 aliphatic rings. The molecule has 0 bridgehead atoms. The fourth-order valence-corrected chi connectivity index (χ4v) is 4.98. The van der Waals surface area contributed by atoms with Crippen LogP contribution in [0.5, 0.6) is 5.75 Å². The maximum atomic E-state index is 13.3. The molecule has 0 radical (unpaired) electrons. The normalized spacial score (nSPS) is 14.9. The largest absolute Gasteiger partial charge is 0.480 e. The molecular formula is C21H21ClF3NO4S2. The Labute approximate surface area is 193 Å². The Balaban J connectivity index is 1.97. The van der Waals surface area contributed by atoms with Gasteiger partial charge in [0.1, 0.15) is 5.75 Å². The third-order valence-corrected chi connectivity index (χ3v) is 7.41. The van der Waals surface area contributed by atoms with E-state index in [9.17, 15) is 26.4 Å². The molecule has 5 nitrogen and oxygen atoms in total. The van der Waals surface area contributed by atoms with Gasteiger partial charge in [0.25, 0.3) is 5.91 Å². The molecule has 1 heterocycles. The minimum atomic E-state index is -4.65. The summed E-state index contributed by atoms with van der Waals surface area (Å²) in [6.07, 6.45) is -5.87. The van der Waals surface area contributed by atoms with Crippen LogP contribution in [0.25, 0.3) is 0 Å². The fourth-order valence-electron chi connectivity index (χ4n) is 3.25. The van der Waals surface area contributed by atoms with Crippen LogP contribution >= 0.6 is 23.4 Å². The molecule has 0 aromatic heterocycles. The highest BCUT2D eigenvalue weighted by molar-refractivity contribution is 7.99. The number of fused-ring (bicyclic) bond motifs is 1. The van der Waals surface area contributed by atoms with Crippen LogP contribution in [0.15, 0.2) is 40.1 Å². The lowest BCUT2D eigenvalue weighted by Gasteiger charge is -2.22. The number of nitrogens with zero attached hydrogens (tertiary/aromatic N) is 1. The second-order valence-corrected chi connectivity index (χ2v) is 11.1. The molecule has 3 rings (SSSR count). The van der Waals surface area contributed by atoms with Crippen molar-refractivity contribution in [1.82, 2.24) is 4.90 Å². The molecule has 1 aliphatic heterocycles. The SMILES string of the molecule is CCSc1cc2c(cc1Cl)CN(C(=O)c1cc(S(C)(=O)=O)ccc1O[C@H](C)C(F)(F)F)C2. The molecule has 0 saturated heterocycles. The van der Waals surface area contributed by atoms with Crippen LogP contribution in [-0.4, -0.2) is 43.5 Å². The lowest BCUT2D eigenvalue weighted by Crippen LogP contribution is -2.32. The maximum Gasteiger partial charge on any atom is 0.425 e. The van der Waals surface area contributed by atoms with Crippen LogP contribution < -0.4 is 4.74 Å². The first-order chi connectivity index (χ1) is 14.8. The van der Waals surface area contributed by atoms with Gasteiger partial charge >= 0.3 is 6.18 Å². The van der Waals surface area contributed by atoms with Gasteiger partial charge < -0.3 is 9.64 Å². The Bertz CT molecular complexity index is 1150. The van der Waals surface area contributed by atoms with Gasteiger partial charge in [0.05, 0.1) is 15.5 Å². The summed E-state index contributed by atoms with van der Waals surface area (Å²) in [5.74, 6) is -0.141. The molecule has 0 aliphatic carbocycles. The van der Waals surface area contributed by atoms with Gasteiger partial charge in [0.15, 0.2) is 15.9 Å². The molecule has 0 saturated carbocycles. The summed E-state index contributed by atoms with van der Waals surface area (Å²) in [6, 6.07) is 6.94. The molecule has 1 amide bonds. The number of hydrogen-bond acceptors (Lipinski definition) is 5. The number of sulfone groups is 1. The predicted octanol–water partition coefficient (Wildman–Crippen LogP) is 5.34. The number of alkyl halides is 3. The van der Waals surface area contributed by atoms with Crippen molar-refractivity contribution in [1.29, 1.82) is 0 Å². The van der Waals surface area contributed by atoms with Crippen LogP contribution in [0.4, 0.5) is 13.2 Å². The molecular weight excluding hydrogens is 487 g/mol. The van der Waals surface area contributed by atoms with Gasteiger partial charge in [-0.05, 0) is 54.1 Å². The van der Waals surface area contributed by atoms with Gasteiger partial charge in [-0.15, -0.1) is 11.8 Å². The smallest absolute Gasteiger partial charge is 0.425 e. The third kappa shape index (κ3) is 5.35. The highest BCUT2D eigenvalue weighted by atomic mass is 35.5. The highest BCUT2D eigenvalue weighted by Gasteiger charge is 2.39. The van der Waals surface area contributed by atoms with Crippen molar-refractivity contribution >= 4 is 39.1 Å². The molecule has 11 heteroatoms. The van der Waals surface area contributed by atoms with Gasteiger partial charge in [-0.25, -0.2) is 8.42 Å². The van der Waals surface area contributed by atoms with E-state index in [1.807, 2.05) is 13.0 Å². The maximum absolute atomic E-state index is 13.3. The van der Waals surface area contributed by atoms with Crippen LogP contribution in [0, 0.1) is 0 Å². The fraction of sp³-hybridized carbons (Fsp3) is 0.381. The number of rotatable bonds is 6. The van der Waals surface area contributed by atoms with Crippen molar-refractivity contribution in [2.75, 3.05) is 12.0 Å². The van der Waals surface area contributed by atoms with Crippen molar-refractivity contribution in [3.05, 3.63) is 52.0 Å². The van der Waals surface area contributed by atoms with Crippen molar-refractivity contribution in [2.24, 2.45) is 0 Å². The van der Waals surface area contributed by atoms with Gasteiger partial charge in [0, 0.05) is 24.2 Å². The second-order valence-electron chi connectivity index (χ2n) is 7.38. The summed E-state index contributed by atoms with van der Waals surface area (Å²) in [5, 5.41) is 0.562. The third-order valence-electron chi connectivity index (χ3n) is 4.94. The number of ether oxygens (including phenoxy) is 1. The number of benzene rings is 2. The topological polar surface area (TPSA) is 63.7 Å². The lowest BCUT2D eigenvalue weighted by atomic mass is 10.1. The number of thioether (sulfide) groups is 1. The van der Waals surface area contributed by atoms with Crippen molar-refractivity contribution in [3.63, 3.8) is 0 Å². The number of hydrogen-bond donors (Lipinski definition) is 0. The zero-order valence-corrected chi connectivity index (χ0v) is 19.9. The van der Waals surface area contributed by atoms with E-state index in [0.29, 0.717) is 5.02 Å². The van der Waals surface area contributed by atoms with E-state index in [4.69, 9.17) is 16.3 Å². The summed E-state index contributed by atoms with van der Waals surface area (Å²) in [7, 11) is -3.70. The van der Waals surface area contributed by atoms with E-state index in [-0.39, 0.29) is 29.3 Å². The van der Waals surface area contributed by atoms with E-state index in [0.717, 1.165) is 53.2 Å². The molecule has 0 unspecified atom stereocenters. The van der Waals surface area contributed by atoms with Gasteiger partial charge in [0.2, 0.25) is 0 Å². The zero-order valence-electron chi connectivity index (χ0n) is 17.5. The number of halogens is 4. The van der Waals surface area contributed by atoms with Crippen LogP contribution in [0.1, 0.15) is 35.3 Å². The molecule has 174 valence electrons. The van der Waals surface area contributed by atoms with Crippen molar-refractivity contribution in [3.8, 4) is 5.75 Å². The molecule has 0 N–H and O–H groups in total. The minimum Gasteiger partial charge on any atom is -0.480 e. The van der Waals surface area contributed by atoms with E-state index in [1.165, 1.54) is 4.90 Å². The Kier molecular flexibility index (Phi) is 7.07. The molecule has 2 aromatic carbocycles. The van der Waals surface area contributed by atoms with E-state index in [1.54, 1.807) is 17.8 Å². The minimum absolute atomic E-state index is 0.186.